The van der Waals surface area contributed by atoms with E-state index in [1.807, 2.05) is 10.7 Å². The molecule has 0 aromatic carbocycles. The Kier molecular flexibility index (Phi) is 4.01. The number of hydrogen-bond acceptors (Lipinski definition) is 4. The van der Waals surface area contributed by atoms with Crippen LogP contribution in [0, 0.1) is 0 Å². The van der Waals surface area contributed by atoms with Crippen molar-refractivity contribution in [2.24, 2.45) is 0 Å². The van der Waals surface area contributed by atoms with Crippen LogP contribution < -0.4 is 0 Å². The van der Waals surface area contributed by atoms with Gasteiger partial charge >= 0.3 is 0 Å². The summed E-state index contributed by atoms with van der Waals surface area (Å²) in [7, 11) is 0. The number of hydrogen-bond donors (Lipinski definition) is 0. The second kappa shape index (κ2) is 5.70. The number of unbranched alkanes of at least 4 members (excludes halogenated alkanes) is 2. The van der Waals surface area contributed by atoms with Gasteiger partial charge in [0.1, 0.15) is 0 Å². The second-order valence-electron chi connectivity index (χ2n) is 4.32. The molecule has 0 saturated heterocycles. The van der Waals surface area contributed by atoms with E-state index in [4.69, 9.17) is 0 Å². The minimum Gasteiger partial charge on any atom is -0.255 e. The summed E-state index contributed by atoms with van der Waals surface area (Å²) >= 11 is 0. The van der Waals surface area contributed by atoms with Gasteiger partial charge in [-0.25, -0.2) is 0 Å². The highest BCUT2D eigenvalue weighted by molar-refractivity contribution is 5.42. The number of aryl methyl sites for hydroxylation is 2. The van der Waals surface area contributed by atoms with Crippen molar-refractivity contribution in [2.75, 3.05) is 0 Å². The van der Waals surface area contributed by atoms with E-state index >= 15 is 0 Å². The summed E-state index contributed by atoms with van der Waals surface area (Å²) < 4.78 is 1.84. The van der Waals surface area contributed by atoms with E-state index in [0.717, 1.165) is 49.1 Å². The van der Waals surface area contributed by atoms with Gasteiger partial charge in [0.25, 0.3) is 0 Å². The molecule has 2 rings (SSSR count). The van der Waals surface area contributed by atoms with Gasteiger partial charge in [-0.2, -0.15) is 4.52 Å². The van der Waals surface area contributed by atoms with E-state index in [1.54, 1.807) is 0 Å². The van der Waals surface area contributed by atoms with Crippen LogP contribution in [0.25, 0.3) is 5.65 Å². The van der Waals surface area contributed by atoms with Crippen molar-refractivity contribution in [1.29, 1.82) is 0 Å². The van der Waals surface area contributed by atoms with E-state index in [0.29, 0.717) is 0 Å². The molecule has 92 valence electrons. The molecule has 0 atom stereocenters. The first kappa shape index (κ1) is 12.0. The summed E-state index contributed by atoms with van der Waals surface area (Å²) in [6.07, 6.45) is 8.46. The first-order valence-corrected chi connectivity index (χ1v) is 6.41. The van der Waals surface area contributed by atoms with Crippen molar-refractivity contribution in [2.45, 2.75) is 52.4 Å². The molecule has 5 nitrogen and oxygen atoms in total. The SMILES string of the molecule is CCCCc1ncc(CCCC)n2nnnc12. The standard InChI is InChI=1S/C12H19N5/c1-3-5-7-10-9-13-11(8-6-4-2)12-14-15-16-17(10)12/h9H,3-8H2,1-2H3. The third kappa shape index (κ3) is 2.60. The van der Waals surface area contributed by atoms with Gasteiger partial charge in [0.15, 0.2) is 0 Å². The van der Waals surface area contributed by atoms with Crippen LogP contribution >= 0.6 is 0 Å². The van der Waals surface area contributed by atoms with Gasteiger partial charge < -0.3 is 0 Å². The van der Waals surface area contributed by atoms with Crippen LogP contribution in [0.15, 0.2) is 6.20 Å². The molecule has 0 radical (unpaired) electrons. The predicted octanol–water partition coefficient (Wildman–Crippen LogP) is 2.20. The fourth-order valence-corrected chi connectivity index (χ4v) is 1.87. The van der Waals surface area contributed by atoms with Crippen molar-refractivity contribution in [3.63, 3.8) is 0 Å². The summed E-state index contributed by atoms with van der Waals surface area (Å²) in [6.45, 7) is 4.36. The molecule has 0 spiro atoms. The zero-order chi connectivity index (χ0) is 12.1. The molecule has 0 saturated carbocycles. The maximum atomic E-state index is 4.51. The Morgan fingerprint density at radius 1 is 1.12 bits per heavy atom. The lowest BCUT2D eigenvalue weighted by Crippen LogP contribution is -2.04. The summed E-state index contributed by atoms with van der Waals surface area (Å²) in [4.78, 5) is 4.51. The summed E-state index contributed by atoms with van der Waals surface area (Å²) in [5.41, 5.74) is 2.94. The highest BCUT2D eigenvalue weighted by atomic mass is 15.5. The summed E-state index contributed by atoms with van der Waals surface area (Å²) in [6, 6.07) is 0. The fourth-order valence-electron chi connectivity index (χ4n) is 1.87. The normalized spacial score (nSPS) is 11.2. The van der Waals surface area contributed by atoms with E-state index in [-0.39, 0.29) is 0 Å². The Hall–Kier alpha value is -1.52. The lowest BCUT2D eigenvalue weighted by atomic mass is 10.2. The largest absolute Gasteiger partial charge is 0.255 e. The van der Waals surface area contributed by atoms with Crippen molar-refractivity contribution in [1.82, 2.24) is 25.0 Å². The van der Waals surface area contributed by atoms with Crippen LogP contribution in [-0.4, -0.2) is 25.0 Å². The average molecular weight is 233 g/mol. The van der Waals surface area contributed by atoms with Gasteiger partial charge in [0.2, 0.25) is 5.65 Å². The molecule has 17 heavy (non-hydrogen) atoms. The van der Waals surface area contributed by atoms with Gasteiger partial charge in [0.05, 0.1) is 11.4 Å². The molecule has 0 bridgehead atoms. The molecule has 0 N–H and O–H groups in total. The summed E-state index contributed by atoms with van der Waals surface area (Å²) in [5.74, 6) is 0. The Balaban J connectivity index is 2.30. The molecule has 2 aromatic heterocycles. The van der Waals surface area contributed by atoms with Crippen molar-refractivity contribution < 1.29 is 0 Å². The molecule has 5 heteroatoms. The lowest BCUT2D eigenvalue weighted by molar-refractivity contribution is 0.707. The maximum absolute atomic E-state index is 4.51. The van der Waals surface area contributed by atoms with Crippen LogP contribution in [0.4, 0.5) is 0 Å². The Morgan fingerprint density at radius 2 is 1.88 bits per heavy atom. The van der Waals surface area contributed by atoms with E-state index in [2.05, 4.69) is 34.4 Å². The van der Waals surface area contributed by atoms with Gasteiger partial charge in [-0.05, 0) is 36.1 Å². The Morgan fingerprint density at radius 3 is 2.65 bits per heavy atom. The third-order valence-electron chi connectivity index (χ3n) is 2.92. The molecule has 0 aliphatic carbocycles. The highest BCUT2D eigenvalue weighted by Crippen LogP contribution is 2.11. The minimum absolute atomic E-state index is 0.826. The summed E-state index contributed by atoms with van der Waals surface area (Å²) in [5, 5.41) is 11.9. The minimum atomic E-state index is 0.826. The molecular weight excluding hydrogens is 214 g/mol. The van der Waals surface area contributed by atoms with Gasteiger partial charge in [-0.15, -0.1) is 5.10 Å². The zero-order valence-corrected chi connectivity index (χ0v) is 10.6. The number of rotatable bonds is 6. The van der Waals surface area contributed by atoms with Crippen LogP contribution in [0.1, 0.15) is 50.9 Å². The first-order chi connectivity index (χ1) is 8.36. The monoisotopic (exact) mass is 233 g/mol. The van der Waals surface area contributed by atoms with Crippen LogP contribution in [0.3, 0.4) is 0 Å². The average Bonchev–Trinajstić information content (AvgIpc) is 2.83. The number of nitrogens with zero attached hydrogens (tertiary/aromatic N) is 5. The quantitative estimate of drug-likeness (QED) is 0.767. The van der Waals surface area contributed by atoms with Crippen LogP contribution in [0.2, 0.25) is 0 Å². The fraction of sp³-hybridized carbons (Fsp3) is 0.667. The number of tetrazole rings is 1. The molecule has 0 aliphatic rings. The van der Waals surface area contributed by atoms with Crippen LogP contribution in [0.5, 0.6) is 0 Å². The van der Waals surface area contributed by atoms with Gasteiger partial charge in [0, 0.05) is 6.20 Å². The van der Waals surface area contributed by atoms with E-state index < -0.39 is 0 Å². The molecule has 0 amide bonds. The van der Waals surface area contributed by atoms with Gasteiger partial charge in [-0.1, -0.05) is 26.7 Å². The molecule has 2 aromatic rings. The first-order valence-electron chi connectivity index (χ1n) is 6.41. The van der Waals surface area contributed by atoms with Crippen molar-refractivity contribution in [3.05, 3.63) is 17.6 Å². The Labute approximate surface area is 101 Å². The topological polar surface area (TPSA) is 56.0 Å². The molecule has 0 aliphatic heterocycles. The molecule has 0 fully saturated rings. The van der Waals surface area contributed by atoms with Crippen molar-refractivity contribution >= 4 is 5.65 Å². The molecule has 0 unspecified atom stereocenters. The predicted molar refractivity (Wildman–Crippen MR) is 65.8 cm³/mol. The Bertz CT molecular complexity index is 435. The van der Waals surface area contributed by atoms with Gasteiger partial charge in [-0.3, -0.25) is 4.98 Å². The highest BCUT2D eigenvalue weighted by Gasteiger charge is 2.09. The van der Waals surface area contributed by atoms with Crippen LogP contribution in [-0.2, 0) is 12.8 Å². The van der Waals surface area contributed by atoms with E-state index in [1.165, 1.54) is 6.42 Å². The smallest absolute Gasteiger partial charge is 0.200 e. The van der Waals surface area contributed by atoms with Crippen molar-refractivity contribution in [3.8, 4) is 0 Å². The maximum Gasteiger partial charge on any atom is 0.200 e. The molecule has 2 heterocycles. The number of fused-ring (bicyclic) bond motifs is 1. The third-order valence-corrected chi connectivity index (χ3v) is 2.92. The molecular formula is C12H19N5. The second-order valence-corrected chi connectivity index (χ2v) is 4.32. The lowest BCUT2D eigenvalue weighted by Gasteiger charge is -2.05. The zero-order valence-electron chi connectivity index (χ0n) is 10.6. The number of aromatic nitrogens is 5. The van der Waals surface area contributed by atoms with E-state index in [9.17, 15) is 0 Å².